The molecule has 26 heavy (non-hydrogen) atoms. The van der Waals surface area contributed by atoms with Crippen molar-refractivity contribution in [1.82, 2.24) is 4.90 Å². The molecule has 1 fully saturated rings. The second-order valence-electron chi connectivity index (χ2n) is 6.80. The highest BCUT2D eigenvalue weighted by Gasteiger charge is 2.24. The Morgan fingerprint density at radius 1 is 0.962 bits per heavy atom. The van der Waals surface area contributed by atoms with E-state index in [4.69, 9.17) is 0 Å². The summed E-state index contributed by atoms with van der Waals surface area (Å²) in [4.78, 5) is 17.0. The summed E-state index contributed by atoms with van der Waals surface area (Å²) in [6, 6.07) is 12.6. The predicted molar refractivity (Wildman–Crippen MR) is 104 cm³/mol. The SMILES string of the molecule is Cc1cccc(N2CCN(C(=O)c3cccc(S(C)(=O)=O)c3)CC2)c1C. The molecule has 3 rings (SSSR count). The molecule has 0 bridgehead atoms. The summed E-state index contributed by atoms with van der Waals surface area (Å²) in [5.74, 6) is -0.115. The summed E-state index contributed by atoms with van der Waals surface area (Å²) in [5.41, 5.74) is 4.18. The second-order valence-corrected chi connectivity index (χ2v) is 8.81. The van der Waals surface area contributed by atoms with Gasteiger partial charge in [-0.25, -0.2) is 8.42 Å². The van der Waals surface area contributed by atoms with Crippen LogP contribution in [0.15, 0.2) is 47.4 Å². The van der Waals surface area contributed by atoms with Crippen molar-refractivity contribution in [1.29, 1.82) is 0 Å². The summed E-state index contributed by atoms with van der Waals surface area (Å²) in [7, 11) is -3.32. The molecular formula is C20H24N2O3S. The van der Waals surface area contributed by atoms with E-state index in [0.29, 0.717) is 18.7 Å². The van der Waals surface area contributed by atoms with Gasteiger partial charge in [0.05, 0.1) is 4.90 Å². The molecule has 0 radical (unpaired) electrons. The van der Waals surface area contributed by atoms with Gasteiger partial charge in [-0.3, -0.25) is 4.79 Å². The van der Waals surface area contributed by atoms with Crippen LogP contribution in [-0.4, -0.2) is 51.7 Å². The molecule has 1 amide bonds. The van der Waals surface area contributed by atoms with Gasteiger partial charge in [0.1, 0.15) is 0 Å². The molecule has 1 heterocycles. The van der Waals surface area contributed by atoms with Crippen molar-refractivity contribution in [3.8, 4) is 0 Å². The quantitative estimate of drug-likeness (QED) is 0.831. The Morgan fingerprint density at radius 2 is 1.62 bits per heavy atom. The second kappa shape index (κ2) is 7.11. The van der Waals surface area contributed by atoms with Gasteiger partial charge >= 0.3 is 0 Å². The van der Waals surface area contributed by atoms with E-state index in [-0.39, 0.29) is 10.8 Å². The van der Waals surface area contributed by atoms with Crippen LogP contribution in [-0.2, 0) is 9.84 Å². The highest BCUT2D eigenvalue weighted by atomic mass is 32.2. The van der Waals surface area contributed by atoms with Crippen LogP contribution in [0.3, 0.4) is 0 Å². The van der Waals surface area contributed by atoms with Crippen molar-refractivity contribution >= 4 is 21.4 Å². The fourth-order valence-corrected chi connectivity index (χ4v) is 3.94. The Morgan fingerprint density at radius 3 is 2.27 bits per heavy atom. The Bertz CT molecular complexity index is 930. The minimum absolute atomic E-state index is 0.115. The third-order valence-electron chi connectivity index (χ3n) is 4.99. The number of hydrogen-bond acceptors (Lipinski definition) is 4. The molecule has 1 aliphatic rings. The topological polar surface area (TPSA) is 57.7 Å². The fraction of sp³-hybridized carbons (Fsp3) is 0.350. The van der Waals surface area contributed by atoms with Gasteiger partial charge in [0, 0.05) is 43.7 Å². The highest BCUT2D eigenvalue weighted by molar-refractivity contribution is 7.90. The summed E-state index contributed by atoms with van der Waals surface area (Å²) in [6.07, 6.45) is 1.15. The number of sulfone groups is 1. The van der Waals surface area contributed by atoms with Gasteiger partial charge in [0.25, 0.3) is 5.91 Å². The van der Waals surface area contributed by atoms with Gasteiger partial charge < -0.3 is 9.80 Å². The van der Waals surface area contributed by atoms with E-state index < -0.39 is 9.84 Å². The number of hydrogen-bond donors (Lipinski definition) is 0. The summed E-state index contributed by atoms with van der Waals surface area (Å²) >= 11 is 0. The minimum atomic E-state index is -3.32. The first-order chi connectivity index (χ1) is 12.3. The Hall–Kier alpha value is -2.34. The van der Waals surface area contributed by atoms with Gasteiger partial charge in [-0.2, -0.15) is 0 Å². The molecule has 2 aromatic carbocycles. The lowest BCUT2D eigenvalue weighted by Crippen LogP contribution is -2.49. The molecule has 0 spiro atoms. The molecule has 0 atom stereocenters. The standard InChI is InChI=1S/C20H24N2O3S/c1-15-6-4-9-19(16(15)2)21-10-12-22(13-11-21)20(23)17-7-5-8-18(14-17)26(3,24)25/h4-9,14H,10-13H2,1-3H3. The van der Waals surface area contributed by atoms with Crippen molar-refractivity contribution in [3.63, 3.8) is 0 Å². The van der Waals surface area contributed by atoms with Crippen LogP contribution in [0.25, 0.3) is 0 Å². The first-order valence-corrected chi connectivity index (χ1v) is 10.6. The van der Waals surface area contributed by atoms with Crippen molar-refractivity contribution in [2.75, 3.05) is 37.3 Å². The number of anilines is 1. The number of piperazine rings is 1. The van der Waals surface area contributed by atoms with Crippen LogP contribution >= 0.6 is 0 Å². The smallest absolute Gasteiger partial charge is 0.254 e. The van der Waals surface area contributed by atoms with Crippen LogP contribution in [0, 0.1) is 13.8 Å². The Balaban J connectivity index is 1.72. The van der Waals surface area contributed by atoms with Crippen molar-refractivity contribution in [2.45, 2.75) is 18.7 Å². The molecule has 1 saturated heterocycles. The average Bonchev–Trinajstić information content (AvgIpc) is 2.63. The molecule has 0 aliphatic carbocycles. The lowest BCUT2D eigenvalue weighted by atomic mass is 10.1. The first-order valence-electron chi connectivity index (χ1n) is 8.68. The highest BCUT2D eigenvalue weighted by Crippen LogP contribution is 2.24. The molecule has 1 aliphatic heterocycles. The number of carbonyl (C=O) groups is 1. The zero-order valence-electron chi connectivity index (χ0n) is 15.4. The average molecular weight is 372 g/mol. The van der Waals surface area contributed by atoms with Gasteiger partial charge in [-0.1, -0.05) is 18.2 Å². The van der Waals surface area contributed by atoms with Crippen molar-refractivity contribution in [3.05, 3.63) is 59.2 Å². The molecular weight excluding hydrogens is 348 g/mol. The summed E-state index contributed by atoms with van der Waals surface area (Å²) < 4.78 is 23.4. The van der Waals surface area contributed by atoms with E-state index in [1.54, 1.807) is 17.0 Å². The van der Waals surface area contributed by atoms with Crippen molar-refractivity contribution in [2.24, 2.45) is 0 Å². The molecule has 2 aromatic rings. The maximum atomic E-state index is 12.8. The number of benzene rings is 2. The van der Waals surface area contributed by atoms with E-state index in [0.717, 1.165) is 19.3 Å². The number of amides is 1. The van der Waals surface area contributed by atoms with Gasteiger partial charge in [0.2, 0.25) is 0 Å². The molecule has 6 heteroatoms. The largest absolute Gasteiger partial charge is 0.368 e. The van der Waals surface area contributed by atoms with Crippen LogP contribution in [0.1, 0.15) is 21.5 Å². The minimum Gasteiger partial charge on any atom is -0.368 e. The number of rotatable bonds is 3. The third-order valence-corrected chi connectivity index (χ3v) is 6.10. The number of carbonyl (C=O) groups excluding carboxylic acids is 1. The van der Waals surface area contributed by atoms with Crippen LogP contribution in [0.2, 0.25) is 0 Å². The zero-order chi connectivity index (χ0) is 18.9. The Kier molecular flexibility index (Phi) is 5.05. The third kappa shape index (κ3) is 3.75. The van der Waals surface area contributed by atoms with E-state index in [1.165, 1.54) is 28.9 Å². The van der Waals surface area contributed by atoms with E-state index >= 15 is 0 Å². The van der Waals surface area contributed by atoms with Crippen LogP contribution in [0.5, 0.6) is 0 Å². The molecule has 0 saturated carbocycles. The fourth-order valence-electron chi connectivity index (χ4n) is 3.27. The van der Waals surface area contributed by atoms with Gasteiger partial charge in [0.15, 0.2) is 9.84 Å². The van der Waals surface area contributed by atoms with Crippen LogP contribution < -0.4 is 4.90 Å². The zero-order valence-corrected chi connectivity index (χ0v) is 16.2. The van der Waals surface area contributed by atoms with Gasteiger partial charge in [-0.05, 0) is 49.2 Å². The van der Waals surface area contributed by atoms with Gasteiger partial charge in [-0.15, -0.1) is 0 Å². The molecule has 5 nitrogen and oxygen atoms in total. The monoisotopic (exact) mass is 372 g/mol. The van der Waals surface area contributed by atoms with E-state index in [9.17, 15) is 13.2 Å². The summed E-state index contributed by atoms with van der Waals surface area (Å²) in [6.45, 7) is 7.00. The molecule has 0 aromatic heterocycles. The number of nitrogens with zero attached hydrogens (tertiary/aromatic N) is 2. The van der Waals surface area contributed by atoms with E-state index in [2.05, 4.69) is 36.9 Å². The molecule has 138 valence electrons. The van der Waals surface area contributed by atoms with E-state index in [1.807, 2.05) is 0 Å². The maximum absolute atomic E-state index is 12.8. The van der Waals surface area contributed by atoms with Crippen molar-refractivity contribution < 1.29 is 13.2 Å². The predicted octanol–water partition coefficient (Wildman–Crippen LogP) is 2.67. The Labute approximate surface area is 155 Å². The number of aryl methyl sites for hydroxylation is 1. The maximum Gasteiger partial charge on any atom is 0.254 e. The van der Waals surface area contributed by atoms with Crippen LogP contribution in [0.4, 0.5) is 5.69 Å². The molecule has 0 unspecified atom stereocenters. The lowest BCUT2D eigenvalue weighted by Gasteiger charge is -2.37. The molecule has 0 N–H and O–H groups in total. The summed E-state index contributed by atoms with van der Waals surface area (Å²) in [5, 5.41) is 0. The first kappa shape index (κ1) is 18.5. The normalized spacial score (nSPS) is 15.2. The lowest BCUT2D eigenvalue weighted by molar-refractivity contribution is 0.0746.